The van der Waals surface area contributed by atoms with Crippen molar-refractivity contribution in [1.82, 2.24) is 9.80 Å². The average molecular weight is 292 g/mol. The van der Waals surface area contributed by atoms with Crippen molar-refractivity contribution >= 4 is 0 Å². The van der Waals surface area contributed by atoms with Crippen LogP contribution in [0.2, 0.25) is 0 Å². The summed E-state index contributed by atoms with van der Waals surface area (Å²) in [6.07, 6.45) is 0.740. The van der Waals surface area contributed by atoms with Crippen LogP contribution in [-0.4, -0.2) is 55.2 Å². The van der Waals surface area contributed by atoms with Crippen molar-refractivity contribution in [2.75, 3.05) is 40.3 Å². The first-order valence-electron chi connectivity index (χ1n) is 7.98. The molecule has 21 heavy (non-hydrogen) atoms. The summed E-state index contributed by atoms with van der Waals surface area (Å²) in [5.74, 6) is 0. The molecule has 0 heterocycles. The second-order valence-electron chi connectivity index (χ2n) is 6.38. The number of benzene rings is 1. The van der Waals surface area contributed by atoms with E-state index in [1.165, 1.54) is 16.7 Å². The van der Waals surface area contributed by atoms with E-state index >= 15 is 0 Å². The number of aryl methyl sites for hydroxylation is 3. The summed E-state index contributed by atoms with van der Waals surface area (Å²) in [4.78, 5) is 4.55. The van der Waals surface area contributed by atoms with Crippen LogP contribution >= 0.6 is 0 Å². The van der Waals surface area contributed by atoms with Gasteiger partial charge in [0.1, 0.15) is 0 Å². The molecule has 1 aromatic rings. The Balaban J connectivity index is 2.68. The van der Waals surface area contributed by atoms with Crippen molar-refractivity contribution in [3.8, 4) is 0 Å². The van der Waals surface area contributed by atoms with Crippen molar-refractivity contribution in [3.05, 3.63) is 34.4 Å². The summed E-state index contributed by atoms with van der Waals surface area (Å²) < 4.78 is 0. The first-order valence-corrected chi connectivity index (χ1v) is 7.98. The standard InChI is InChI=1S/C18H32N2O/c1-7-20(10-8-9-19(5)6)13-17(21)18-15(3)11-14(2)12-16(18)4/h11-12,17,21H,7-10,13H2,1-6H3. The largest absolute Gasteiger partial charge is 0.387 e. The van der Waals surface area contributed by atoms with Crippen LogP contribution < -0.4 is 0 Å². The van der Waals surface area contributed by atoms with Gasteiger partial charge in [0.2, 0.25) is 0 Å². The highest BCUT2D eigenvalue weighted by Crippen LogP contribution is 2.24. The second-order valence-corrected chi connectivity index (χ2v) is 6.38. The zero-order chi connectivity index (χ0) is 16.0. The lowest BCUT2D eigenvalue weighted by atomic mass is 9.95. The molecule has 0 saturated heterocycles. The lowest BCUT2D eigenvalue weighted by Gasteiger charge is -2.26. The molecule has 0 aliphatic heterocycles. The van der Waals surface area contributed by atoms with Gasteiger partial charge in [-0.05, 0) is 77.6 Å². The zero-order valence-electron chi connectivity index (χ0n) is 14.6. The molecule has 0 fully saturated rings. The fraction of sp³-hybridized carbons (Fsp3) is 0.667. The minimum Gasteiger partial charge on any atom is -0.387 e. The van der Waals surface area contributed by atoms with E-state index in [0.29, 0.717) is 6.54 Å². The molecule has 3 nitrogen and oxygen atoms in total. The molecule has 0 aliphatic carbocycles. The minimum atomic E-state index is -0.398. The smallest absolute Gasteiger partial charge is 0.0922 e. The van der Waals surface area contributed by atoms with Gasteiger partial charge in [0.25, 0.3) is 0 Å². The van der Waals surface area contributed by atoms with Crippen LogP contribution in [0.25, 0.3) is 0 Å². The summed E-state index contributed by atoms with van der Waals surface area (Å²) in [7, 11) is 4.20. The quantitative estimate of drug-likeness (QED) is 0.798. The Morgan fingerprint density at radius 3 is 2.10 bits per heavy atom. The van der Waals surface area contributed by atoms with E-state index in [2.05, 4.69) is 63.7 Å². The number of aliphatic hydroxyl groups is 1. The molecule has 0 aliphatic rings. The molecule has 0 aromatic heterocycles. The van der Waals surface area contributed by atoms with Crippen molar-refractivity contribution < 1.29 is 5.11 Å². The predicted octanol–water partition coefficient (Wildman–Crippen LogP) is 2.92. The molecule has 1 aromatic carbocycles. The van der Waals surface area contributed by atoms with E-state index in [1.54, 1.807) is 0 Å². The Bertz CT molecular complexity index is 420. The summed E-state index contributed by atoms with van der Waals surface area (Å²) in [6.45, 7) is 12.3. The Morgan fingerprint density at radius 2 is 1.62 bits per heavy atom. The predicted molar refractivity (Wildman–Crippen MR) is 90.9 cm³/mol. The summed E-state index contributed by atoms with van der Waals surface area (Å²) in [5.41, 5.74) is 4.76. The Morgan fingerprint density at radius 1 is 1.05 bits per heavy atom. The van der Waals surface area contributed by atoms with Gasteiger partial charge in [-0.3, -0.25) is 0 Å². The van der Waals surface area contributed by atoms with E-state index in [9.17, 15) is 5.11 Å². The third kappa shape index (κ3) is 5.77. The van der Waals surface area contributed by atoms with Crippen LogP contribution in [-0.2, 0) is 0 Å². The van der Waals surface area contributed by atoms with Crippen LogP contribution in [0.3, 0.4) is 0 Å². The van der Waals surface area contributed by atoms with Gasteiger partial charge >= 0.3 is 0 Å². The van der Waals surface area contributed by atoms with Crippen molar-refractivity contribution in [2.45, 2.75) is 40.2 Å². The molecule has 120 valence electrons. The Hall–Kier alpha value is -0.900. The van der Waals surface area contributed by atoms with Crippen molar-refractivity contribution in [1.29, 1.82) is 0 Å². The number of nitrogens with zero attached hydrogens (tertiary/aromatic N) is 2. The average Bonchev–Trinajstić information content (AvgIpc) is 2.35. The summed E-state index contributed by atoms with van der Waals surface area (Å²) in [5, 5.41) is 10.6. The van der Waals surface area contributed by atoms with E-state index in [1.807, 2.05) is 0 Å². The van der Waals surface area contributed by atoms with Gasteiger partial charge in [0.05, 0.1) is 6.10 Å². The molecule has 1 unspecified atom stereocenters. The van der Waals surface area contributed by atoms with Gasteiger partial charge in [-0.25, -0.2) is 0 Å². The fourth-order valence-electron chi connectivity index (χ4n) is 3.04. The number of hydrogen-bond donors (Lipinski definition) is 1. The first-order chi connectivity index (χ1) is 9.85. The number of aliphatic hydroxyl groups excluding tert-OH is 1. The molecule has 0 bridgehead atoms. The van der Waals surface area contributed by atoms with E-state index in [4.69, 9.17) is 0 Å². The van der Waals surface area contributed by atoms with Crippen LogP contribution in [0.5, 0.6) is 0 Å². The van der Waals surface area contributed by atoms with Gasteiger partial charge in [-0.1, -0.05) is 24.6 Å². The number of rotatable bonds is 8. The minimum absolute atomic E-state index is 0.398. The highest BCUT2D eigenvalue weighted by atomic mass is 16.3. The van der Waals surface area contributed by atoms with Gasteiger partial charge in [0, 0.05) is 6.54 Å². The van der Waals surface area contributed by atoms with Crippen molar-refractivity contribution in [2.24, 2.45) is 0 Å². The number of hydrogen-bond acceptors (Lipinski definition) is 3. The van der Waals surface area contributed by atoms with E-state index in [-0.39, 0.29) is 0 Å². The second kappa shape index (κ2) is 8.52. The molecular formula is C18H32N2O. The monoisotopic (exact) mass is 292 g/mol. The summed E-state index contributed by atoms with van der Waals surface area (Å²) >= 11 is 0. The zero-order valence-corrected chi connectivity index (χ0v) is 14.6. The molecule has 3 heteroatoms. The maximum atomic E-state index is 10.6. The maximum absolute atomic E-state index is 10.6. The molecule has 0 saturated carbocycles. The van der Waals surface area contributed by atoms with Crippen LogP contribution in [0.4, 0.5) is 0 Å². The van der Waals surface area contributed by atoms with Crippen LogP contribution in [0, 0.1) is 20.8 Å². The first kappa shape index (κ1) is 18.1. The molecule has 1 atom stereocenters. The normalized spacial score (nSPS) is 13.2. The highest BCUT2D eigenvalue weighted by molar-refractivity contribution is 5.39. The molecule has 1 rings (SSSR count). The van der Waals surface area contributed by atoms with Crippen LogP contribution in [0.1, 0.15) is 41.7 Å². The van der Waals surface area contributed by atoms with Crippen LogP contribution in [0.15, 0.2) is 12.1 Å². The Kier molecular flexibility index (Phi) is 7.36. The van der Waals surface area contributed by atoms with Gasteiger partial charge < -0.3 is 14.9 Å². The lowest BCUT2D eigenvalue weighted by molar-refractivity contribution is 0.113. The molecule has 0 spiro atoms. The molecule has 1 N–H and O–H groups in total. The third-order valence-electron chi connectivity index (χ3n) is 4.03. The molecule has 0 radical (unpaired) electrons. The van der Waals surface area contributed by atoms with Gasteiger partial charge in [-0.15, -0.1) is 0 Å². The highest BCUT2D eigenvalue weighted by Gasteiger charge is 2.16. The molecule has 0 amide bonds. The lowest BCUT2D eigenvalue weighted by Crippen LogP contribution is -2.31. The summed E-state index contributed by atoms with van der Waals surface area (Å²) in [6, 6.07) is 4.32. The third-order valence-corrected chi connectivity index (χ3v) is 4.03. The van der Waals surface area contributed by atoms with E-state index in [0.717, 1.165) is 31.6 Å². The molecular weight excluding hydrogens is 260 g/mol. The SMILES string of the molecule is CCN(CCCN(C)C)CC(O)c1c(C)cc(C)cc1C. The maximum Gasteiger partial charge on any atom is 0.0922 e. The van der Waals surface area contributed by atoms with E-state index < -0.39 is 6.10 Å². The Labute approximate surface area is 130 Å². The van der Waals surface area contributed by atoms with Crippen molar-refractivity contribution in [3.63, 3.8) is 0 Å². The van der Waals surface area contributed by atoms with Gasteiger partial charge in [0.15, 0.2) is 0 Å². The fourth-order valence-corrected chi connectivity index (χ4v) is 3.04. The topological polar surface area (TPSA) is 26.7 Å². The number of likely N-dealkylation sites (N-methyl/N-ethyl adjacent to an activating group) is 1. The van der Waals surface area contributed by atoms with Gasteiger partial charge in [-0.2, -0.15) is 0 Å².